The lowest BCUT2D eigenvalue weighted by atomic mass is 10.0. The van der Waals surface area contributed by atoms with Gasteiger partial charge in [0.05, 0.1) is 11.0 Å². The fraction of sp³-hybridized carbons (Fsp3) is 0.200. The second-order valence-electron chi connectivity index (χ2n) is 6.34. The molecule has 2 heterocycles. The summed E-state index contributed by atoms with van der Waals surface area (Å²) in [7, 11) is 0. The summed E-state index contributed by atoms with van der Waals surface area (Å²) in [5, 5.41) is 10.0. The second-order valence-corrected chi connectivity index (χ2v) is 7.43. The highest BCUT2D eigenvalue weighted by atomic mass is 32.2. The molecule has 0 aliphatic carbocycles. The number of ether oxygens (including phenoxy) is 1. The van der Waals surface area contributed by atoms with Crippen molar-refractivity contribution in [2.45, 2.75) is 18.8 Å². The number of rotatable bonds is 4. The van der Waals surface area contributed by atoms with Gasteiger partial charge in [-0.15, -0.1) is 11.8 Å². The van der Waals surface area contributed by atoms with E-state index >= 15 is 0 Å². The van der Waals surface area contributed by atoms with Gasteiger partial charge in [0.15, 0.2) is 5.82 Å². The predicted octanol–water partition coefficient (Wildman–Crippen LogP) is 4.21. The van der Waals surface area contributed by atoms with Crippen molar-refractivity contribution >= 4 is 23.5 Å². The van der Waals surface area contributed by atoms with Crippen LogP contribution in [0.2, 0.25) is 0 Å². The number of nitrogens with zero attached hydrogens (tertiary/aromatic N) is 1. The molecule has 0 saturated carbocycles. The van der Waals surface area contributed by atoms with Gasteiger partial charge in [-0.25, -0.2) is 4.39 Å². The number of carbonyl (C=O) groups is 1. The van der Waals surface area contributed by atoms with Crippen LogP contribution in [-0.4, -0.2) is 21.9 Å². The Morgan fingerprint density at radius 1 is 1.26 bits per heavy atom. The highest BCUT2D eigenvalue weighted by Gasteiger charge is 2.28. The summed E-state index contributed by atoms with van der Waals surface area (Å²) >= 11 is 1.57. The van der Waals surface area contributed by atoms with Crippen LogP contribution in [-0.2, 0) is 11.4 Å². The van der Waals surface area contributed by atoms with Crippen LogP contribution in [0.1, 0.15) is 27.6 Å². The highest BCUT2D eigenvalue weighted by Crippen LogP contribution is 2.42. The van der Waals surface area contributed by atoms with Gasteiger partial charge in [0.25, 0.3) is 0 Å². The van der Waals surface area contributed by atoms with E-state index in [9.17, 15) is 9.18 Å². The topological polar surface area (TPSA) is 67.0 Å². The molecule has 0 unspecified atom stereocenters. The molecule has 0 spiro atoms. The number of carbonyl (C=O) groups excluding carboxylic acids is 1. The van der Waals surface area contributed by atoms with Crippen molar-refractivity contribution in [2.24, 2.45) is 0 Å². The fourth-order valence-electron chi connectivity index (χ4n) is 3.06. The Bertz CT molecular complexity index is 972. The SMILES string of the molecule is Cc1[nH]nc2c1[C@H](c1ccc(OCc3cccc(F)c3)cc1)SCC(=O)N2. The molecule has 0 fully saturated rings. The van der Waals surface area contributed by atoms with Gasteiger partial charge < -0.3 is 10.1 Å². The summed E-state index contributed by atoms with van der Waals surface area (Å²) in [5.74, 6) is 1.36. The van der Waals surface area contributed by atoms with Gasteiger partial charge in [0.2, 0.25) is 5.91 Å². The van der Waals surface area contributed by atoms with E-state index in [0.717, 1.165) is 22.4 Å². The number of halogens is 1. The number of hydrogen-bond donors (Lipinski definition) is 2. The third kappa shape index (κ3) is 3.83. The van der Waals surface area contributed by atoms with Crippen LogP contribution in [0.3, 0.4) is 0 Å². The van der Waals surface area contributed by atoms with Crippen LogP contribution in [0.15, 0.2) is 48.5 Å². The Morgan fingerprint density at radius 3 is 2.85 bits per heavy atom. The van der Waals surface area contributed by atoms with Gasteiger partial charge in [0, 0.05) is 11.3 Å². The van der Waals surface area contributed by atoms with Crippen LogP contribution in [0, 0.1) is 12.7 Å². The average Bonchev–Trinajstić information content (AvgIpc) is 2.92. The summed E-state index contributed by atoms with van der Waals surface area (Å²) in [6, 6.07) is 14.1. The average molecular weight is 383 g/mol. The van der Waals surface area contributed by atoms with Crippen molar-refractivity contribution in [3.05, 3.63) is 76.7 Å². The molecule has 1 aliphatic heterocycles. The van der Waals surface area contributed by atoms with Crippen molar-refractivity contribution in [3.8, 4) is 5.75 Å². The molecule has 7 heteroatoms. The van der Waals surface area contributed by atoms with E-state index in [1.165, 1.54) is 12.1 Å². The van der Waals surface area contributed by atoms with Crippen LogP contribution in [0.4, 0.5) is 10.2 Å². The Hall–Kier alpha value is -2.80. The number of amides is 1. The number of aryl methyl sites for hydroxylation is 1. The maximum Gasteiger partial charge on any atom is 0.235 e. The summed E-state index contributed by atoms with van der Waals surface area (Å²) in [5.41, 5.74) is 3.79. The Balaban J connectivity index is 1.52. The van der Waals surface area contributed by atoms with Crippen LogP contribution in [0.5, 0.6) is 5.75 Å². The minimum Gasteiger partial charge on any atom is -0.489 e. The van der Waals surface area contributed by atoms with E-state index in [1.807, 2.05) is 37.3 Å². The molecule has 1 aliphatic rings. The molecule has 138 valence electrons. The highest BCUT2D eigenvalue weighted by molar-refractivity contribution is 8.00. The van der Waals surface area contributed by atoms with Crippen LogP contribution >= 0.6 is 11.8 Å². The first kappa shape index (κ1) is 17.6. The van der Waals surface area contributed by atoms with Gasteiger partial charge in [-0.3, -0.25) is 9.89 Å². The van der Waals surface area contributed by atoms with Crippen LogP contribution in [0.25, 0.3) is 0 Å². The normalized spacial score (nSPS) is 16.4. The molecule has 27 heavy (non-hydrogen) atoms. The number of thioether (sulfide) groups is 1. The number of fused-ring (bicyclic) bond motifs is 1. The fourth-order valence-corrected chi connectivity index (χ4v) is 4.25. The quantitative estimate of drug-likeness (QED) is 0.708. The summed E-state index contributed by atoms with van der Waals surface area (Å²) in [4.78, 5) is 11.9. The zero-order chi connectivity index (χ0) is 18.8. The minimum absolute atomic E-state index is 0.00923. The zero-order valence-corrected chi connectivity index (χ0v) is 15.5. The standard InChI is InChI=1S/C20H18FN3O2S/c1-12-18-19(27-11-17(25)22-20(18)24-23-12)14-5-7-16(8-6-14)26-10-13-3-2-4-15(21)9-13/h2-9,19H,10-11H2,1H3,(H2,22,23,24,25)/t19-/m0/s1. The first-order valence-electron chi connectivity index (χ1n) is 8.53. The van der Waals surface area contributed by atoms with Gasteiger partial charge >= 0.3 is 0 Å². The van der Waals surface area contributed by atoms with E-state index in [1.54, 1.807) is 17.8 Å². The van der Waals surface area contributed by atoms with E-state index < -0.39 is 0 Å². The summed E-state index contributed by atoms with van der Waals surface area (Å²) in [6.45, 7) is 2.26. The lowest BCUT2D eigenvalue weighted by Crippen LogP contribution is -2.12. The Morgan fingerprint density at radius 2 is 2.07 bits per heavy atom. The predicted molar refractivity (Wildman–Crippen MR) is 103 cm³/mol. The lowest BCUT2D eigenvalue weighted by molar-refractivity contribution is -0.113. The Kier molecular flexibility index (Phi) is 4.85. The van der Waals surface area contributed by atoms with Crippen molar-refractivity contribution < 1.29 is 13.9 Å². The van der Waals surface area contributed by atoms with E-state index in [0.29, 0.717) is 23.9 Å². The smallest absolute Gasteiger partial charge is 0.235 e. The number of benzene rings is 2. The minimum atomic E-state index is -0.272. The molecular formula is C20H18FN3O2S. The molecule has 3 aromatic rings. The number of hydrogen-bond acceptors (Lipinski definition) is 4. The Labute approximate surface area is 160 Å². The summed E-state index contributed by atoms with van der Waals surface area (Å²) in [6.07, 6.45) is 0. The number of nitrogens with one attached hydrogen (secondary N) is 2. The zero-order valence-electron chi connectivity index (χ0n) is 14.7. The van der Waals surface area contributed by atoms with E-state index in [4.69, 9.17) is 4.74 Å². The second kappa shape index (κ2) is 7.44. The first-order valence-corrected chi connectivity index (χ1v) is 9.58. The van der Waals surface area contributed by atoms with Gasteiger partial charge in [-0.2, -0.15) is 5.10 Å². The van der Waals surface area contributed by atoms with Crippen molar-refractivity contribution in [1.82, 2.24) is 10.2 Å². The molecule has 5 nitrogen and oxygen atoms in total. The lowest BCUT2D eigenvalue weighted by Gasteiger charge is -2.16. The molecule has 1 aromatic heterocycles. The van der Waals surface area contributed by atoms with Crippen molar-refractivity contribution in [1.29, 1.82) is 0 Å². The number of aromatic nitrogens is 2. The van der Waals surface area contributed by atoms with Crippen LogP contribution < -0.4 is 10.1 Å². The third-order valence-electron chi connectivity index (χ3n) is 4.37. The van der Waals surface area contributed by atoms with Crippen molar-refractivity contribution in [2.75, 3.05) is 11.1 Å². The molecular weight excluding hydrogens is 365 g/mol. The molecule has 0 radical (unpaired) electrons. The number of aromatic amines is 1. The van der Waals surface area contributed by atoms with Crippen molar-refractivity contribution in [3.63, 3.8) is 0 Å². The molecule has 2 N–H and O–H groups in total. The number of anilines is 1. The molecule has 1 atom stereocenters. The molecule has 4 rings (SSSR count). The third-order valence-corrected chi connectivity index (χ3v) is 5.64. The van der Waals surface area contributed by atoms with Gasteiger partial charge in [-0.05, 0) is 42.3 Å². The molecule has 0 bridgehead atoms. The largest absolute Gasteiger partial charge is 0.489 e. The maximum absolute atomic E-state index is 13.2. The van der Waals surface area contributed by atoms with Gasteiger partial charge in [0.1, 0.15) is 18.2 Å². The molecule has 1 amide bonds. The maximum atomic E-state index is 13.2. The molecule has 0 saturated heterocycles. The van der Waals surface area contributed by atoms with E-state index in [-0.39, 0.29) is 17.0 Å². The monoisotopic (exact) mass is 383 g/mol. The van der Waals surface area contributed by atoms with E-state index in [2.05, 4.69) is 15.5 Å². The van der Waals surface area contributed by atoms with Gasteiger partial charge in [-0.1, -0.05) is 24.3 Å². The molecule has 2 aromatic carbocycles. The summed E-state index contributed by atoms with van der Waals surface area (Å²) < 4.78 is 19.0. The number of H-pyrrole nitrogens is 1. The first-order chi connectivity index (χ1) is 13.1.